The number of rotatable bonds is 4. The highest BCUT2D eigenvalue weighted by Gasteiger charge is 2.51. The van der Waals surface area contributed by atoms with E-state index in [0.29, 0.717) is 16.1 Å². The van der Waals surface area contributed by atoms with Crippen molar-refractivity contribution in [3.63, 3.8) is 0 Å². The average Bonchev–Trinajstić information content (AvgIpc) is 2.34. The Balaban J connectivity index is 1.35. The highest BCUT2D eigenvalue weighted by molar-refractivity contribution is 9.09. The molecule has 0 atom stereocenters. The summed E-state index contributed by atoms with van der Waals surface area (Å²) < 4.78 is 0. The molecule has 0 spiro atoms. The highest BCUT2D eigenvalue weighted by atomic mass is 79.9. The topological polar surface area (TPSA) is 20.3 Å². The third-order valence-corrected chi connectivity index (χ3v) is 7.57. The van der Waals surface area contributed by atoms with Crippen LogP contribution >= 0.6 is 15.9 Å². The minimum Gasteiger partial charge on any atom is -0.345 e. The fourth-order valence-electron chi connectivity index (χ4n) is 6.25. The van der Waals surface area contributed by atoms with E-state index in [0.717, 1.165) is 36.6 Å². The lowest BCUT2D eigenvalue weighted by Gasteiger charge is -2.57. The van der Waals surface area contributed by atoms with Gasteiger partial charge < -0.3 is 4.90 Å². The third-order valence-electron chi connectivity index (χ3n) is 6.83. The van der Waals surface area contributed by atoms with Gasteiger partial charge in [0.15, 0.2) is 0 Å². The van der Waals surface area contributed by atoms with Gasteiger partial charge in [-0.25, -0.2) is 0 Å². The van der Waals surface area contributed by atoms with Gasteiger partial charge in [-0.2, -0.15) is 0 Å². The SMILES string of the molecule is CN(CC1CC(Br)C1)C(=O)CC12CC3CC(CC(C3)C1)C2. The molecule has 118 valence electrons. The summed E-state index contributed by atoms with van der Waals surface area (Å²) in [6.07, 6.45) is 11.8. The monoisotopic (exact) mass is 353 g/mol. The lowest BCUT2D eigenvalue weighted by molar-refractivity contribution is -0.139. The molecule has 0 unspecified atom stereocenters. The Morgan fingerprint density at radius 3 is 2.05 bits per heavy atom. The van der Waals surface area contributed by atoms with Crippen molar-refractivity contribution in [2.45, 2.75) is 62.6 Å². The maximum Gasteiger partial charge on any atom is 0.222 e. The number of alkyl halides is 1. The molecule has 5 fully saturated rings. The summed E-state index contributed by atoms with van der Waals surface area (Å²) in [7, 11) is 2.03. The second kappa shape index (κ2) is 5.25. The summed E-state index contributed by atoms with van der Waals surface area (Å²) in [6.45, 7) is 0.979. The van der Waals surface area contributed by atoms with Crippen LogP contribution in [0.1, 0.15) is 57.8 Å². The molecule has 0 heterocycles. The molecule has 0 saturated heterocycles. The van der Waals surface area contributed by atoms with E-state index >= 15 is 0 Å². The van der Waals surface area contributed by atoms with Crippen LogP contribution in [0.2, 0.25) is 0 Å². The molecular weight excluding hydrogens is 326 g/mol. The fourth-order valence-corrected chi connectivity index (χ4v) is 7.31. The van der Waals surface area contributed by atoms with Gasteiger partial charge in [-0.05, 0) is 80.5 Å². The Morgan fingerprint density at radius 1 is 1.05 bits per heavy atom. The lowest BCUT2D eigenvalue weighted by atomic mass is 9.49. The summed E-state index contributed by atoms with van der Waals surface area (Å²) in [5.41, 5.74) is 0.400. The molecule has 21 heavy (non-hydrogen) atoms. The van der Waals surface area contributed by atoms with E-state index in [-0.39, 0.29) is 0 Å². The number of nitrogens with zero attached hydrogens (tertiary/aromatic N) is 1. The Morgan fingerprint density at radius 2 is 1.57 bits per heavy atom. The van der Waals surface area contributed by atoms with Gasteiger partial charge >= 0.3 is 0 Å². The van der Waals surface area contributed by atoms with Gasteiger partial charge in [-0.3, -0.25) is 4.79 Å². The lowest BCUT2D eigenvalue weighted by Crippen LogP contribution is -2.48. The molecule has 0 N–H and O–H groups in total. The normalized spacial score (nSPS) is 47.2. The number of amides is 1. The first-order valence-electron chi connectivity index (χ1n) is 8.89. The van der Waals surface area contributed by atoms with Crippen molar-refractivity contribution in [1.29, 1.82) is 0 Å². The number of carbonyl (C=O) groups is 1. The van der Waals surface area contributed by atoms with Crippen LogP contribution < -0.4 is 0 Å². The molecule has 0 aliphatic heterocycles. The van der Waals surface area contributed by atoms with E-state index in [4.69, 9.17) is 0 Å². The van der Waals surface area contributed by atoms with Gasteiger partial charge in [0.05, 0.1) is 0 Å². The van der Waals surface area contributed by atoms with Gasteiger partial charge in [0.2, 0.25) is 5.91 Å². The first kappa shape index (κ1) is 14.5. The predicted octanol–water partition coefficient (Wildman–Crippen LogP) is 4.22. The van der Waals surface area contributed by atoms with Crippen molar-refractivity contribution >= 4 is 21.8 Å². The molecule has 0 aromatic carbocycles. The molecule has 3 heteroatoms. The fraction of sp³-hybridized carbons (Fsp3) is 0.944. The Hall–Kier alpha value is -0.0500. The molecule has 5 rings (SSSR count). The van der Waals surface area contributed by atoms with Crippen LogP contribution in [0.5, 0.6) is 0 Å². The van der Waals surface area contributed by atoms with Crippen molar-refractivity contribution in [3.8, 4) is 0 Å². The minimum absolute atomic E-state index is 0.400. The van der Waals surface area contributed by atoms with Crippen molar-refractivity contribution in [1.82, 2.24) is 4.90 Å². The van der Waals surface area contributed by atoms with Gasteiger partial charge in [0.1, 0.15) is 0 Å². The summed E-state index contributed by atoms with van der Waals surface area (Å²) in [6, 6.07) is 0. The Bertz CT molecular complexity index is 394. The van der Waals surface area contributed by atoms with Gasteiger partial charge in [0.25, 0.3) is 0 Å². The summed E-state index contributed by atoms with van der Waals surface area (Å²) in [4.78, 5) is 15.4. The first-order valence-corrected chi connectivity index (χ1v) is 9.81. The number of halogens is 1. The second-order valence-corrected chi connectivity index (χ2v) is 10.1. The van der Waals surface area contributed by atoms with Crippen LogP contribution in [0.3, 0.4) is 0 Å². The molecular formula is C18H28BrNO. The highest BCUT2D eigenvalue weighted by Crippen LogP contribution is 2.61. The Labute approximate surface area is 137 Å². The van der Waals surface area contributed by atoms with Crippen LogP contribution in [-0.4, -0.2) is 29.2 Å². The van der Waals surface area contributed by atoms with Crippen molar-refractivity contribution in [3.05, 3.63) is 0 Å². The average molecular weight is 354 g/mol. The van der Waals surface area contributed by atoms with Crippen molar-refractivity contribution in [2.75, 3.05) is 13.6 Å². The van der Waals surface area contributed by atoms with Crippen LogP contribution in [0, 0.1) is 29.1 Å². The predicted molar refractivity (Wildman–Crippen MR) is 88.3 cm³/mol. The molecule has 5 aliphatic carbocycles. The Kier molecular flexibility index (Phi) is 3.63. The molecule has 4 bridgehead atoms. The zero-order valence-electron chi connectivity index (χ0n) is 13.2. The molecule has 0 aromatic heterocycles. The smallest absolute Gasteiger partial charge is 0.222 e. The van der Waals surface area contributed by atoms with Gasteiger partial charge in [-0.1, -0.05) is 15.9 Å². The molecule has 5 saturated carbocycles. The van der Waals surface area contributed by atoms with Crippen molar-refractivity contribution < 1.29 is 4.79 Å². The van der Waals surface area contributed by atoms with Crippen LogP contribution in [0.4, 0.5) is 0 Å². The standard InChI is InChI=1S/C18H28BrNO/c1-20(11-15-5-16(19)6-15)17(21)10-18-7-12-2-13(8-18)4-14(3-12)9-18/h12-16H,2-11H2,1H3. The summed E-state index contributed by atoms with van der Waals surface area (Å²) in [5.74, 6) is 4.02. The van der Waals surface area contributed by atoms with Crippen LogP contribution in [0.15, 0.2) is 0 Å². The van der Waals surface area contributed by atoms with Gasteiger partial charge in [0, 0.05) is 24.8 Å². The molecule has 0 aromatic rings. The zero-order valence-corrected chi connectivity index (χ0v) is 14.8. The van der Waals surface area contributed by atoms with E-state index in [2.05, 4.69) is 15.9 Å². The first-order chi connectivity index (χ1) is 10.0. The maximum atomic E-state index is 12.7. The quantitative estimate of drug-likeness (QED) is 0.692. The van der Waals surface area contributed by atoms with E-state index < -0.39 is 0 Å². The zero-order chi connectivity index (χ0) is 14.6. The largest absolute Gasteiger partial charge is 0.345 e. The molecule has 2 nitrogen and oxygen atoms in total. The molecule has 5 aliphatic rings. The minimum atomic E-state index is 0.400. The van der Waals surface area contributed by atoms with E-state index in [1.165, 1.54) is 51.4 Å². The third kappa shape index (κ3) is 2.80. The van der Waals surface area contributed by atoms with Crippen LogP contribution in [-0.2, 0) is 4.79 Å². The molecule has 1 amide bonds. The number of carbonyl (C=O) groups excluding carboxylic acids is 1. The van der Waals surface area contributed by atoms with E-state index in [1.807, 2.05) is 11.9 Å². The van der Waals surface area contributed by atoms with Crippen molar-refractivity contribution in [2.24, 2.45) is 29.1 Å². The second-order valence-electron chi connectivity index (χ2n) is 8.80. The number of hydrogen-bond acceptors (Lipinski definition) is 1. The summed E-state index contributed by atoms with van der Waals surface area (Å²) >= 11 is 3.65. The van der Waals surface area contributed by atoms with Gasteiger partial charge in [-0.15, -0.1) is 0 Å². The maximum absolute atomic E-state index is 12.7. The van der Waals surface area contributed by atoms with E-state index in [1.54, 1.807) is 0 Å². The van der Waals surface area contributed by atoms with E-state index in [9.17, 15) is 4.79 Å². The molecule has 0 radical (unpaired) electrons. The summed E-state index contributed by atoms with van der Waals surface area (Å²) in [5, 5.41) is 0. The van der Waals surface area contributed by atoms with Crippen LogP contribution in [0.25, 0.3) is 0 Å². The number of hydrogen-bond donors (Lipinski definition) is 0.